The second-order valence-electron chi connectivity index (χ2n) is 6.24. The molecule has 0 spiro atoms. The zero-order valence-electron chi connectivity index (χ0n) is 13.7. The second kappa shape index (κ2) is 5.81. The van der Waals surface area contributed by atoms with Crippen molar-refractivity contribution in [2.24, 2.45) is 0 Å². The number of aryl methyl sites for hydroxylation is 3. The summed E-state index contributed by atoms with van der Waals surface area (Å²) in [6.45, 7) is 5.97. The Morgan fingerprint density at radius 3 is 3.04 bits per heavy atom. The van der Waals surface area contributed by atoms with E-state index in [0.29, 0.717) is 6.04 Å². The Balaban J connectivity index is 1.53. The molecule has 0 radical (unpaired) electrons. The summed E-state index contributed by atoms with van der Waals surface area (Å²) in [5.41, 5.74) is 2.29. The van der Waals surface area contributed by atoms with Crippen molar-refractivity contribution in [2.45, 2.75) is 52.2 Å². The van der Waals surface area contributed by atoms with Crippen LogP contribution in [0.1, 0.15) is 36.3 Å². The SMILES string of the molecule is CCc1oc2ccccc2c1CN[C@H]1CCc2nnc(C)n2C1. The molecule has 23 heavy (non-hydrogen) atoms. The minimum atomic E-state index is 0.454. The van der Waals surface area contributed by atoms with E-state index in [2.05, 4.69) is 39.1 Å². The molecular formula is C18H22N4O. The lowest BCUT2D eigenvalue weighted by Gasteiger charge is -2.25. The van der Waals surface area contributed by atoms with Gasteiger partial charge in [0.1, 0.15) is 23.0 Å². The lowest BCUT2D eigenvalue weighted by Crippen LogP contribution is -2.37. The Morgan fingerprint density at radius 1 is 1.30 bits per heavy atom. The number of para-hydroxylation sites is 1. The van der Waals surface area contributed by atoms with Gasteiger partial charge in [0.2, 0.25) is 0 Å². The number of rotatable bonds is 4. The first-order valence-corrected chi connectivity index (χ1v) is 8.37. The van der Waals surface area contributed by atoms with Crippen LogP contribution < -0.4 is 5.32 Å². The maximum Gasteiger partial charge on any atom is 0.134 e. The molecule has 0 saturated heterocycles. The van der Waals surface area contributed by atoms with Crippen molar-refractivity contribution in [3.05, 3.63) is 47.2 Å². The van der Waals surface area contributed by atoms with Crippen LogP contribution in [-0.4, -0.2) is 20.8 Å². The number of aromatic nitrogens is 3. The third kappa shape index (κ3) is 2.55. The topological polar surface area (TPSA) is 55.9 Å². The van der Waals surface area contributed by atoms with Gasteiger partial charge >= 0.3 is 0 Å². The first-order chi connectivity index (χ1) is 11.3. The Hall–Kier alpha value is -2.14. The van der Waals surface area contributed by atoms with Gasteiger partial charge in [-0.15, -0.1) is 10.2 Å². The highest BCUT2D eigenvalue weighted by atomic mass is 16.3. The number of nitrogens with zero attached hydrogens (tertiary/aromatic N) is 3. The molecule has 120 valence electrons. The highest BCUT2D eigenvalue weighted by molar-refractivity contribution is 5.82. The third-order valence-corrected chi connectivity index (χ3v) is 4.80. The average Bonchev–Trinajstić information content (AvgIpc) is 3.13. The van der Waals surface area contributed by atoms with Crippen molar-refractivity contribution in [3.8, 4) is 0 Å². The number of benzene rings is 1. The van der Waals surface area contributed by atoms with E-state index in [1.807, 2.05) is 19.1 Å². The zero-order valence-corrected chi connectivity index (χ0v) is 13.7. The summed E-state index contributed by atoms with van der Waals surface area (Å²) in [5.74, 6) is 3.22. The van der Waals surface area contributed by atoms with Crippen molar-refractivity contribution >= 4 is 11.0 Å². The highest BCUT2D eigenvalue weighted by Crippen LogP contribution is 2.26. The molecule has 0 saturated carbocycles. The molecule has 0 fully saturated rings. The summed E-state index contributed by atoms with van der Waals surface area (Å²) in [4.78, 5) is 0. The smallest absolute Gasteiger partial charge is 0.134 e. The van der Waals surface area contributed by atoms with Crippen molar-refractivity contribution in [1.82, 2.24) is 20.1 Å². The predicted octanol–water partition coefficient (Wildman–Crippen LogP) is 3.00. The Bertz CT molecular complexity index is 833. The number of fused-ring (bicyclic) bond motifs is 2. The first kappa shape index (κ1) is 14.5. The molecule has 5 heteroatoms. The number of hydrogen-bond acceptors (Lipinski definition) is 4. The summed E-state index contributed by atoms with van der Waals surface area (Å²) in [6, 6.07) is 8.76. The second-order valence-corrected chi connectivity index (χ2v) is 6.24. The van der Waals surface area contributed by atoms with Crippen LogP contribution in [0.25, 0.3) is 11.0 Å². The van der Waals surface area contributed by atoms with Gasteiger partial charge in [-0.3, -0.25) is 0 Å². The standard InChI is InChI=1S/C18H22N4O/c1-3-16-15(14-6-4-5-7-17(14)23-16)10-19-13-8-9-18-21-20-12(2)22(18)11-13/h4-7,13,19H,3,8-11H2,1-2H3/t13-/m0/s1. The van der Waals surface area contributed by atoms with E-state index >= 15 is 0 Å². The summed E-state index contributed by atoms with van der Waals surface area (Å²) in [5, 5.41) is 13.4. The highest BCUT2D eigenvalue weighted by Gasteiger charge is 2.22. The zero-order chi connectivity index (χ0) is 15.8. The molecule has 0 bridgehead atoms. The van der Waals surface area contributed by atoms with Crippen LogP contribution in [0.5, 0.6) is 0 Å². The average molecular weight is 310 g/mol. The van der Waals surface area contributed by atoms with Crippen LogP contribution in [0.4, 0.5) is 0 Å². The molecule has 1 aliphatic rings. The molecule has 5 nitrogen and oxygen atoms in total. The molecule has 1 atom stereocenters. The quantitative estimate of drug-likeness (QED) is 0.805. The van der Waals surface area contributed by atoms with Crippen LogP contribution in [0.15, 0.2) is 28.7 Å². The molecule has 0 aliphatic carbocycles. The molecule has 3 aromatic rings. The lowest BCUT2D eigenvalue weighted by atomic mass is 10.1. The number of nitrogens with one attached hydrogen (secondary N) is 1. The normalized spacial score (nSPS) is 17.6. The maximum absolute atomic E-state index is 5.99. The Labute approximate surface area is 135 Å². The van der Waals surface area contributed by atoms with E-state index in [-0.39, 0.29) is 0 Å². The van der Waals surface area contributed by atoms with Gasteiger partial charge in [0.05, 0.1) is 0 Å². The van der Waals surface area contributed by atoms with Crippen LogP contribution in [0.3, 0.4) is 0 Å². The van der Waals surface area contributed by atoms with Gasteiger partial charge < -0.3 is 14.3 Å². The van der Waals surface area contributed by atoms with Crippen LogP contribution in [0.2, 0.25) is 0 Å². The first-order valence-electron chi connectivity index (χ1n) is 8.37. The van der Waals surface area contributed by atoms with Gasteiger partial charge in [0.25, 0.3) is 0 Å². The monoisotopic (exact) mass is 310 g/mol. The summed E-state index contributed by atoms with van der Waals surface area (Å²) in [6.07, 6.45) is 3.02. The van der Waals surface area contributed by atoms with E-state index in [4.69, 9.17) is 4.42 Å². The van der Waals surface area contributed by atoms with Gasteiger partial charge in [-0.1, -0.05) is 25.1 Å². The Kier molecular flexibility index (Phi) is 3.65. The van der Waals surface area contributed by atoms with E-state index in [1.165, 1.54) is 10.9 Å². The number of hydrogen-bond donors (Lipinski definition) is 1. The minimum absolute atomic E-state index is 0.454. The molecule has 2 aromatic heterocycles. The predicted molar refractivity (Wildman–Crippen MR) is 89.3 cm³/mol. The van der Waals surface area contributed by atoms with Crippen LogP contribution in [0, 0.1) is 6.92 Å². The molecule has 1 aliphatic heterocycles. The Morgan fingerprint density at radius 2 is 2.17 bits per heavy atom. The molecular weight excluding hydrogens is 288 g/mol. The molecule has 1 aromatic carbocycles. The fourth-order valence-corrected chi connectivity index (χ4v) is 3.50. The minimum Gasteiger partial charge on any atom is -0.461 e. The summed E-state index contributed by atoms with van der Waals surface area (Å²) < 4.78 is 8.22. The summed E-state index contributed by atoms with van der Waals surface area (Å²) in [7, 11) is 0. The molecule has 1 N–H and O–H groups in total. The largest absolute Gasteiger partial charge is 0.461 e. The fourth-order valence-electron chi connectivity index (χ4n) is 3.50. The van der Waals surface area contributed by atoms with Crippen molar-refractivity contribution in [1.29, 1.82) is 0 Å². The van der Waals surface area contributed by atoms with E-state index in [1.54, 1.807) is 0 Å². The van der Waals surface area contributed by atoms with Crippen LogP contribution in [-0.2, 0) is 25.9 Å². The van der Waals surface area contributed by atoms with Gasteiger partial charge in [-0.2, -0.15) is 0 Å². The number of furan rings is 1. The lowest BCUT2D eigenvalue weighted by molar-refractivity contribution is 0.374. The molecule has 0 unspecified atom stereocenters. The van der Waals surface area contributed by atoms with Crippen molar-refractivity contribution in [3.63, 3.8) is 0 Å². The molecule has 0 amide bonds. The fraction of sp³-hybridized carbons (Fsp3) is 0.444. The molecule has 3 heterocycles. The van der Waals surface area contributed by atoms with E-state index in [9.17, 15) is 0 Å². The van der Waals surface area contributed by atoms with Crippen molar-refractivity contribution in [2.75, 3.05) is 0 Å². The summed E-state index contributed by atoms with van der Waals surface area (Å²) >= 11 is 0. The van der Waals surface area contributed by atoms with Gasteiger partial charge in [0, 0.05) is 42.9 Å². The van der Waals surface area contributed by atoms with Gasteiger partial charge in [-0.05, 0) is 19.4 Å². The van der Waals surface area contributed by atoms with Crippen LogP contribution >= 0.6 is 0 Å². The third-order valence-electron chi connectivity index (χ3n) is 4.80. The van der Waals surface area contributed by atoms with E-state index < -0.39 is 0 Å². The van der Waals surface area contributed by atoms with Crippen molar-refractivity contribution < 1.29 is 4.42 Å². The maximum atomic E-state index is 5.99. The van der Waals surface area contributed by atoms with Gasteiger partial charge in [-0.25, -0.2) is 0 Å². The van der Waals surface area contributed by atoms with Gasteiger partial charge in [0.15, 0.2) is 0 Å². The molecule has 4 rings (SSSR count). The van der Waals surface area contributed by atoms with E-state index in [0.717, 1.165) is 55.3 Å².